The van der Waals surface area contributed by atoms with E-state index in [4.69, 9.17) is 0 Å². The van der Waals surface area contributed by atoms with E-state index in [0.717, 1.165) is 49.9 Å². The van der Waals surface area contributed by atoms with Crippen LogP contribution in [0.5, 0.6) is 0 Å². The largest absolute Gasteiger partial charge is 0.330 e. The van der Waals surface area contributed by atoms with Crippen LogP contribution in [0, 0.1) is 5.92 Å². The van der Waals surface area contributed by atoms with Gasteiger partial charge in [0.2, 0.25) is 0 Å². The molecule has 1 N–H and O–H groups in total. The Kier molecular flexibility index (Phi) is 5.28. The van der Waals surface area contributed by atoms with Crippen LogP contribution in [0.15, 0.2) is 30.6 Å². The number of aromatic nitrogens is 3. The number of aromatic amines is 1. The fraction of sp³-hybridized carbons (Fsp3) is 0.526. The predicted molar refractivity (Wildman–Crippen MR) is 93.6 cm³/mol. The van der Waals surface area contributed by atoms with Crippen LogP contribution < -0.4 is 0 Å². The number of piperidine rings is 1. The number of likely N-dealkylation sites (tertiary alicyclic amines) is 1. The van der Waals surface area contributed by atoms with Crippen LogP contribution in [0.3, 0.4) is 0 Å². The standard InChI is InChI=1S/C19H26N4O/c1-14(2)8-9-16-12-17(22-21-16)19(24)23-11-4-3-7-18(23)15-6-5-10-20-13-15/h5-6,10,12-14,18H,3-4,7-9,11H2,1-2H3,(H,21,22). The zero-order valence-electron chi connectivity index (χ0n) is 14.5. The molecule has 3 rings (SSSR count). The monoisotopic (exact) mass is 326 g/mol. The number of rotatable bonds is 5. The Bertz CT molecular complexity index is 665. The summed E-state index contributed by atoms with van der Waals surface area (Å²) in [6.45, 7) is 5.19. The summed E-state index contributed by atoms with van der Waals surface area (Å²) in [6.07, 6.45) is 8.85. The van der Waals surface area contributed by atoms with E-state index in [-0.39, 0.29) is 11.9 Å². The second-order valence-corrected chi connectivity index (χ2v) is 7.01. The highest BCUT2D eigenvalue weighted by atomic mass is 16.2. The van der Waals surface area contributed by atoms with E-state index in [2.05, 4.69) is 35.1 Å². The highest BCUT2D eigenvalue weighted by Crippen LogP contribution is 2.31. The number of H-pyrrole nitrogens is 1. The molecule has 5 nitrogen and oxygen atoms in total. The van der Waals surface area contributed by atoms with Crippen LogP contribution in [-0.4, -0.2) is 32.5 Å². The summed E-state index contributed by atoms with van der Waals surface area (Å²) in [7, 11) is 0. The third-order valence-electron chi connectivity index (χ3n) is 4.67. The molecule has 0 aliphatic carbocycles. The predicted octanol–water partition coefficient (Wildman–Crippen LogP) is 3.76. The van der Waals surface area contributed by atoms with E-state index in [9.17, 15) is 4.79 Å². The smallest absolute Gasteiger partial charge is 0.274 e. The number of hydrogen-bond donors (Lipinski definition) is 1. The lowest BCUT2D eigenvalue weighted by atomic mass is 9.96. The summed E-state index contributed by atoms with van der Waals surface area (Å²) in [4.78, 5) is 19.1. The normalized spacial score (nSPS) is 18.1. The summed E-state index contributed by atoms with van der Waals surface area (Å²) in [5, 5.41) is 7.29. The highest BCUT2D eigenvalue weighted by molar-refractivity contribution is 5.92. The summed E-state index contributed by atoms with van der Waals surface area (Å²) in [6, 6.07) is 6.02. The van der Waals surface area contributed by atoms with Gasteiger partial charge in [0.15, 0.2) is 0 Å². The maximum atomic E-state index is 13.0. The molecule has 2 aromatic rings. The number of nitrogens with zero attached hydrogens (tertiary/aromatic N) is 3. The van der Waals surface area contributed by atoms with Crippen LogP contribution in [0.4, 0.5) is 0 Å². The van der Waals surface area contributed by atoms with Crippen molar-refractivity contribution in [2.75, 3.05) is 6.54 Å². The molecule has 1 unspecified atom stereocenters. The first-order valence-electron chi connectivity index (χ1n) is 8.90. The van der Waals surface area contributed by atoms with Gasteiger partial charge in [-0.05, 0) is 55.7 Å². The molecule has 1 saturated heterocycles. The maximum absolute atomic E-state index is 13.0. The van der Waals surface area contributed by atoms with Crippen LogP contribution in [0.1, 0.15) is 67.3 Å². The van der Waals surface area contributed by atoms with Crippen molar-refractivity contribution in [1.82, 2.24) is 20.1 Å². The van der Waals surface area contributed by atoms with Crippen molar-refractivity contribution < 1.29 is 4.79 Å². The van der Waals surface area contributed by atoms with E-state index >= 15 is 0 Å². The molecule has 3 heterocycles. The van der Waals surface area contributed by atoms with E-state index in [1.165, 1.54) is 0 Å². The fourth-order valence-electron chi connectivity index (χ4n) is 3.28. The summed E-state index contributed by atoms with van der Waals surface area (Å²) in [5.41, 5.74) is 2.69. The third kappa shape index (κ3) is 3.83. The van der Waals surface area contributed by atoms with Gasteiger partial charge in [0.25, 0.3) is 5.91 Å². The van der Waals surface area contributed by atoms with Crippen LogP contribution >= 0.6 is 0 Å². The Hall–Kier alpha value is -2.17. The van der Waals surface area contributed by atoms with Gasteiger partial charge in [-0.25, -0.2) is 0 Å². The SMILES string of the molecule is CC(C)CCc1cc(C(=O)N2CCCCC2c2cccnc2)n[nH]1. The fourth-order valence-corrected chi connectivity index (χ4v) is 3.28. The minimum absolute atomic E-state index is 0.0237. The minimum atomic E-state index is 0.0237. The van der Waals surface area contributed by atoms with E-state index < -0.39 is 0 Å². The highest BCUT2D eigenvalue weighted by Gasteiger charge is 2.30. The summed E-state index contributed by atoms with van der Waals surface area (Å²) in [5.74, 6) is 0.667. The van der Waals surface area contributed by atoms with Crippen LogP contribution in [-0.2, 0) is 6.42 Å². The first-order chi connectivity index (χ1) is 11.6. The van der Waals surface area contributed by atoms with Crippen molar-refractivity contribution in [1.29, 1.82) is 0 Å². The maximum Gasteiger partial charge on any atom is 0.274 e. The zero-order valence-corrected chi connectivity index (χ0v) is 14.5. The van der Waals surface area contributed by atoms with E-state index in [1.54, 1.807) is 6.20 Å². The van der Waals surface area contributed by atoms with Crippen molar-refractivity contribution in [3.63, 3.8) is 0 Å². The van der Waals surface area contributed by atoms with Crippen molar-refractivity contribution in [2.24, 2.45) is 5.92 Å². The molecule has 0 aromatic carbocycles. The van der Waals surface area contributed by atoms with Gasteiger partial charge in [0, 0.05) is 24.6 Å². The van der Waals surface area contributed by atoms with E-state index in [0.29, 0.717) is 11.6 Å². The molecule has 0 bridgehead atoms. The van der Waals surface area contributed by atoms with Gasteiger partial charge in [-0.1, -0.05) is 19.9 Å². The Morgan fingerprint density at radius 3 is 3.04 bits per heavy atom. The number of amides is 1. The first-order valence-corrected chi connectivity index (χ1v) is 8.90. The van der Waals surface area contributed by atoms with Crippen molar-refractivity contribution in [2.45, 2.75) is 52.0 Å². The third-order valence-corrected chi connectivity index (χ3v) is 4.67. The van der Waals surface area contributed by atoms with Crippen molar-refractivity contribution >= 4 is 5.91 Å². The van der Waals surface area contributed by atoms with Gasteiger partial charge in [-0.15, -0.1) is 0 Å². The molecule has 0 radical (unpaired) electrons. The molecule has 24 heavy (non-hydrogen) atoms. The molecule has 0 spiro atoms. The van der Waals surface area contributed by atoms with Gasteiger partial charge in [0.1, 0.15) is 5.69 Å². The molecular weight excluding hydrogens is 300 g/mol. The molecule has 128 valence electrons. The lowest BCUT2D eigenvalue weighted by Gasteiger charge is -2.35. The molecule has 0 saturated carbocycles. The van der Waals surface area contributed by atoms with Gasteiger partial charge in [-0.3, -0.25) is 14.9 Å². The zero-order chi connectivity index (χ0) is 16.9. The van der Waals surface area contributed by atoms with Crippen LogP contribution in [0.2, 0.25) is 0 Å². The lowest BCUT2D eigenvalue weighted by molar-refractivity contribution is 0.0605. The lowest BCUT2D eigenvalue weighted by Crippen LogP contribution is -2.38. The molecule has 1 fully saturated rings. The summed E-state index contributed by atoms with van der Waals surface area (Å²) >= 11 is 0. The average molecular weight is 326 g/mol. The van der Waals surface area contributed by atoms with Crippen molar-refractivity contribution in [3.8, 4) is 0 Å². The molecule has 1 aliphatic rings. The molecule has 5 heteroatoms. The number of nitrogens with one attached hydrogen (secondary N) is 1. The number of aryl methyl sites for hydroxylation is 1. The van der Waals surface area contributed by atoms with Crippen molar-refractivity contribution in [3.05, 3.63) is 47.5 Å². The average Bonchev–Trinajstić information content (AvgIpc) is 3.09. The van der Waals surface area contributed by atoms with Gasteiger partial charge < -0.3 is 4.90 Å². The van der Waals surface area contributed by atoms with Gasteiger partial charge >= 0.3 is 0 Å². The van der Waals surface area contributed by atoms with Gasteiger partial charge in [-0.2, -0.15) is 5.10 Å². The molecule has 2 aromatic heterocycles. The molecule has 1 atom stereocenters. The molecule has 1 amide bonds. The Labute approximate surface area is 143 Å². The summed E-state index contributed by atoms with van der Waals surface area (Å²) < 4.78 is 0. The second-order valence-electron chi connectivity index (χ2n) is 7.01. The molecule has 1 aliphatic heterocycles. The quantitative estimate of drug-likeness (QED) is 0.910. The Morgan fingerprint density at radius 2 is 2.29 bits per heavy atom. The van der Waals surface area contributed by atoms with E-state index in [1.807, 2.05) is 23.2 Å². The first kappa shape index (κ1) is 16.7. The van der Waals surface area contributed by atoms with Crippen LogP contribution in [0.25, 0.3) is 0 Å². The Balaban J connectivity index is 1.75. The number of pyridine rings is 1. The number of carbonyl (C=O) groups is 1. The number of carbonyl (C=O) groups excluding carboxylic acids is 1. The second kappa shape index (κ2) is 7.60. The molecular formula is C19H26N4O. The Morgan fingerprint density at radius 1 is 1.42 bits per heavy atom. The minimum Gasteiger partial charge on any atom is -0.330 e. The number of hydrogen-bond acceptors (Lipinski definition) is 3. The van der Waals surface area contributed by atoms with Gasteiger partial charge in [0.05, 0.1) is 6.04 Å². The topological polar surface area (TPSA) is 61.9 Å².